The number of methoxy groups -OCH3 is 1. The van der Waals surface area contributed by atoms with Crippen LogP contribution in [0.4, 0.5) is 0 Å². The number of benzene rings is 1. The van der Waals surface area contributed by atoms with Gasteiger partial charge in [-0.25, -0.2) is 0 Å². The van der Waals surface area contributed by atoms with Gasteiger partial charge in [0, 0.05) is 0 Å². The summed E-state index contributed by atoms with van der Waals surface area (Å²) in [4.78, 5) is 11.8. The second-order valence-electron chi connectivity index (χ2n) is 7.75. The van der Waals surface area contributed by atoms with Gasteiger partial charge in [-0.05, 0) is 0 Å². The maximum atomic E-state index is 11.8. The summed E-state index contributed by atoms with van der Waals surface area (Å²) in [6, 6.07) is 8.38. The predicted molar refractivity (Wildman–Crippen MR) is 116 cm³/mol. The van der Waals surface area contributed by atoms with E-state index in [1.54, 1.807) is 0 Å². The molecule has 3 heteroatoms. The van der Waals surface area contributed by atoms with Crippen LogP contribution in [0.15, 0.2) is 24.3 Å². The average Bonchev–Trinajstić information content (AvgIpc) is 2.69. The average molecular weight is 467 g/mol. The zero-order valence-electron chi connectivity index (χ0n) is 17.8. The number of carbonyl (C=O) groups is 1. The number of hydrogen-bond donors (Lipinski definition) is 0. The van der Waals surface area contributed by atoms with Crippen LogP contribution in [-0.2, 0) is 4.74 Å². The van der Waals surface area contributed by atoms with Crippen molar-refractivity contribution in [3.8, 4) is 0 Å². The molecule has 0 amide bonds. The molecule has 0 spiro atoms. The van der Waals surface area contributed by atoms with E-state index in [2.05, 4.69) is 39.8 Å². The van der Waals surface area contributed by atoms with E-state index in [1.165, 1.54) is 70.9 Å². The van der Waals surface area contributed by atoms with Crippen LogP contribution in [0, 0.1) is 0 Å². The molecule has 0 N–H and O–H groups in total. The number of unbranched alkanes of at least 4 members (excludes halogenated alkanes) is 3. The molecule has 148 valence electrons. The molecule has 1 aromatic carbocycles. The van der Waals surface area contributed by atoms with Gasteiger partial charge in [-0.2, -0.15) is 0 Å². The third kappa shape index (κ3) is 6.58. The molecule has 0 aliphatic carbocycles. The SMILES string of the molecule is CCC[CH2][Sn]([CH2]CCC)([CH2]CCC)[CH](CC)c1ccc(C(=O)OC)cc1. The van der Waals surface area contributed by atoms with E-state index in [-0.39, 0.29) is 5.97 Å². The summed E-state index contributed by atoms with van der Waals surface area (Å²) < 4.78 is 10.2. The van der Waals surface area contributed by atoms with E-state index in [4.69, 9.17) is 4.74 Å². The molecule has 0 fully saturated rings. The van der Waals surface area contributed by atoms with Gasteiger partial charge in [-0.15, -0.1) is 0 Å². The molecular weight excluding hydrogens is 427 g/mol. The summed E-state index contributed by atoms with van der Waals surface area (Å²) in [5, 5.41) is 0. The number of esters is 1. The van der Waals surface area contributed by atoms with E-state index in [0.717, 1.165) is 3.93 Å². The van der Waals surface area contributed by atoms with Crippen molar-refractivity contribution in [2.75, 3.05) is 7.11 Å². The molecule has 0 aliphatic heterocycles. The molecule has 0 aliphatic rings. The summed E-state index contributed by atoms with van der Waals surface area (Å²) in [7, 11) is 1.45. The molecule has 0 saturated carbocycles. The fraction of sp³-hybridized carbons (Fsp3) is 0.696. The van der Waals surface area contributed by atoms with E-state index >= 15 is 0 Å². The third-order valence-electron chi connectivity index (χ3n) is 5.97. The molecule has 1 aromatic rings. The van der Waals surface area contributed by atoms with Gasteiger partial charge in [0.05, 0.1) is 0 Å². The Balaban J connectivity index is 3.20. The van der Waals surface area contributed by atoms with Gasteiger partial charge in [0.15, 0.2) is 0 Å². The van der Waals surface area contributed by atoms with Gasteiger partial charge in [-0.3, -0.25) is 0 Å². The molecule has 0 radical (unpaired) electrons. The van der Waals surface area contributed by atoms with Crippen molar-refractivity contribution in [2.45, 2.75) is 89.9 Å². The molecule has 1 rings (SSSR count). The Morgan fingerprint density at radius 1 is 0.885 bits per heavy atom. The van der Waals surface area contributed by atoms with Gasteiger partial charge in [0.1, 0.15) is 0 Å². The van der Waals surface area contributed by atoms with Crippen LogP contribution in [0.5, 0.6) is 0 Å². The van der Waals surface area contributed by atoms with Gasteiger partial charge < -0.3 is 0 Å². The number of hydrogen-bond acceptors (Lipinski definition) is 2. The van der Waals surface area contributed by atoms with Crippen LogP contribution < -0.4 is 0 Å². The van der Waals surface area contributed by atoms with Gasteiger partial charge in [0.2, 0.25) is 0 Å². The number of ether oxygens (including phenoxy) is 1. The van der Waals surface area contributed by atoms with Gasteiger partial charge >= 0.3 is 166 Å². The fourth-order valence-corrected chi connectivity index (χ4v) is 23.7. The monoisotopic (exact) mass is 468 g/mol. The van der Waals surface area contributed by atoms with Crippen LogP contribution in [0.3, 0.4) is 0 Å². The minimum absolute atomic E-state index is 0.234. The van der Waals surface area contributed by atoms with Crippen molar-refractivity contribution in [1.82, 2.24) is 0 Å². The van der Waals surface area contributed by atoms with Crippen LogP contribution in [0.25, 0.3) is 0 Å². The maximum absolute atomic E-state index is 11.8. The molecule has 1 unspecified atom stereocenters. The Bertz CT molecular complexity index is 488. The van der Waals surface area contributed by atoms with E-state index < -0.39 is 18.4 Å². The summed E-state index contributed by atoms with van der Waals surface area (Å²) in [6.07, 6.45) is 9.41. The zero-order valence-corrected chi connectivity index (χ0v) is 20.6. The first-order chi connectivity index (χ1) is 12.6. The molecular formula is C23H40O2Sn. The number of carbonyl (C=O) groups excluding carboxylic acids is 1. The van der Waals surface area contributed by atoms with Crippen LogP contribution >= 0.6 is 0 Å². The normalized spacial score (nSPS) is 12.8. The molecule has 0 aromatic heterocycles. The molecule has 26 heavy (non-hydrogen) atoms. The van der Waals surface area contributed by atoms with Crippen molar-refractivity contribution >= 4 is 24.3 Å². The Morgan fingerprint density at radius 2 is 1.35 bits per heavy atom. The van der Waals surface area contributed by atoms with Crippen LogP contribution in [-0.4, -0.2) is 31.5 Å². The summed E-state index contributed by atoms with van der Waals surface area (Å²) in [6.45, 7) is 9.39. The molecule has 2 nitrogen and oxygen atoms in total. The van der Waals surface area contributed by atoms with Crippen LogP contribution in [0.1, 0.15) is 92.5 Å². The first kappa shape index (κ1) is 23.5. The quantitative estimate of drug-likeness (QED) is 0.224. The van der Waals surface area contributed by atoms with Crippen molar-refractivity contribution in [3.63, 3.8) is 0 Å². The second-order valence-corrected chi connectivity index (χ2v) is 21.8. The third-order valence-corrected chi connectivity index (χ3v) is 23.9. The van der Waals surface area contributed by atoms with Crippen molar-refractivity contribution in [2.24, 2.45) is 0 Å². The zero-order chi connectivity index (χ0) is 19.4. The van der Waals surface area contributed by atoms with Gasteiger partial charge in [-0.1, -0.05) is 0 Å². The molecule has 0 saturated heterocycles. The Kier molecular flexibility index (Phi) is 11.6. The summed E-state index contributed by atoms with van der Waals surface area (Å²) >= 11 is -2.31. The predicted octanol–water partition coefficient (Wildman–Crippen LogP) is 7.36. The number of rotatable bonds is 13. The van der Waals surface area contributed by atoms with Crippen LogP contribution in [0.2, 0.25) is 13.3 Å². The summed E-state index contributed by atoms with van der Waals surface area (Å²) in [5.41, 5.74) is 2.15. The summed E-state index contributed by atoms with van der Waals surface area (Å²) in [5.74, 6) is -0.234. The van der Waals surface area contributed by atoms with E-state index in [9.17, 15) is 4.79 Å². The molecule has 0 bridgehead atoms. The Hall–Kier alpha value is -0.511. The van der Waals surface area contributed by atoms with Crippen molar-refractivity contribution in [1.29, 1.82) is 0 Å². The second kappa shape index (κ2) is 12.8. The molecule has 0 heterocycles. The Labute approximate surface area is 166 Å². The van der Waals surface area contributed by atoms with Crippen molar-refractivity contribution < 1.29 is 9.53 Å². The van der Waals surface area contributed by atoms with E-state index in [1.807, 2.05) is 12.1 Å². The fourth-order valence-electron chi connectivity index (χ4n) is 4.48. The topological polar surface area (TPSA) is 26.3 Å². The van der Waals surface area contributed by atoms with E-state index in [0.29, 0.717) is 5.56 Å². The van der Waals surface area contributed by atoms with Crippen molar-refractivity contribution in [3.05, 3.63) is 35.4 Å². The Morgan fingerprint density at radius 3 is 1.69 bits per heavy atom. The minimum atomic E-state index is -2.31. The standard InChI is InChI=1S/C11H13O2.3C4H9.Sn/c1-3-4-9-5-7-10(8-6-9)11(12)13-2;3*1-3-4-2;/h4-8H,3H2,1-2H3;3*1,3-4H2,2H3;. The first-order valence-electron chi connectivity index (χ1n) is 10.8. The van der Waals surface area contributed by atoms with Gasteiger partial charge in [0.25, 0.3) is 0 Å². The molecule has 1 atom stereocenters. The first-order valence-corrected chi connectivity index (χ1v) is 18.5.